The van der Waals surface area contributed by atoms with Crippen LogP contribution in [0.25, 0.3) is 0 Å². The van der Waals surface area contributed by atoms with Crippen molar-refractivity contribution in [2.24, 2.45) is 0 Å². The summed E-state index contributed by atoms with van der Waals surface area (Å²) in [6, 6.07) is 6.76. The van der Waals surface area contributed by atoms with Gasteiger partial charge in [0.1, 0.15) is 16.7 Å². The molecule has 2 amide bonds. The van der Waals surface area contributed by atoms with Gasteiger partial charge in [0, 0.05) is 30.1 Å². The number of benzene rings is 1. The zero-order valence-corrected chi connectivity index (χ0v) is 15.4. The summed E-state index contributed by atoms with van der Waals surface area (Å²) in [6.07, 6.45) is 0. The number of hydrogen-bond acceptors (Lipinski definition) is 5. The molecule has 1 N–H and O–H groups in total. The van der Waals surface area contributed by atoms with Crippen molar-refractivity contribution in [2.45, 2.75) is 12.6 Å². The van der Waals surface area contributed by atoms with E-state index < -0.39 is 6.04 Å². The topological polar surface area (TPSA) is 71.5 Å². The van der Waals surface area contributed by atoms with Crippen molar-refractivity contribution in [3.05, 3.63) is 50.4 Å². The fourth-order valence-corrected chi connectivity index (χ4v) is 3.88. The Labute approximate surface area is 152 Å². The summed E-state index contributed by atoms with van der Waals surface area (Å²) >= 11 is 4.84. The average molecular weight is 410 g/mol. The molecular formula is C16H16BrN3O3S. The van der Waals surface area contributed by atoms with Crippen LogP contribution in [-0.4, -0.2) is 41.9 Å². The molecule has 1 aliphatic rings. The van der Waals surface area contributed by atoms with Crippen molar-refractivity contribution < 1.29 is 14.3 Å². The first kappa shape index (κ1) is 17.1. The summed E-state index contributed by atoms with van der Waals surface area (Å²) in [5, 5.41) is 5.27. The Morgan fingerprint density at radius 3 is 3.04 bits per heavy atom. The Bertz CT molecular complexity index is 765. The molecule has 1 aromatic carbocycles. The molecule has 2 heterocycles. The van der Waals surface area contributed by atoms with Crippen LogP contribution in [0, 0.1) is 0 Å². The number of halogens is 1. The van der Waals surface area contributed by atoms with Gasteiger partial charge in [0.15, 0.2) is 0 Å². The summed E-state index contributed by atoms with van der Waals surface area (Å²) in [5.41, 5.74) is 1.11. The zero-order chi connectivity index (χ0) is 17.1. The predicted molar refractivity (Wildman–Crippen MR) is 93.8 cm³/mol. The normalized spacial score (nSPS) is 17.7. The molecule has 8 heteroatoms. The molecule has 0 bridgehead atoms. The number of nitrogens with zero attached hydrogens (tertiary/aromatic N) is 2. The standard InChI is InChI=1S/C16H16BrN3O3S/c1-23-8-13-19-12(9-24-13)16(22)20-7-6-18-15(21)14(20)10-4-2-3-5-11(10)17/h2-5,9,14H,6-8H2,1H3,(H,18,21)/t14-/m0/s1. The van der Waals surface area contributed by atoms with Gasteiger partial charge in [0.2, 0.25) is 5.91 Å². The van der Waals surface area contributed by atoms with E-state index in [9.17, 15) is 9.59 Å². The maximum atomic E-state index is 12.9. The van der Waals surface area contributed by atoms with Crippen LogP contribution in [0.5, 0.6) is 0 Å². The third kappa shape index (κ3) is 3.35. The van der Waals surface area contributed by atoms with Crippen LogP contribution in [0.3, 0.4) is 0 Å². The first-order valence-electron chi connectivity index (χ1n) is 7.38. The summed E-state index contributed by atoms with van der Waals surface area (Å²) in [6.45, 7) is 1.24. The molecule has 1 saturated heterocycles. The van der Waals surface area contributed by atoms with Gasteiger partial charge >= 0.3 is 0 Å². The quantitative estimate of drug-likeness (QED) is 0.840. The first-order chi connectivity index (χ1) is 11.6. The van der Waals surface area contributed by atoms with E-state index in [2.05, 4.69) is 26.2 Å². The number of aromatic nitrogens is 1. The average Bonchev–Trinajstić information content (AvgIpc) is 3.04. The van der Waals surface area contributed by atoms with Crippen molar-refractivity contribution in [1.29, 1.82) is 0 Å². The van der Waals surface area contributed by atoms with Crippen molar-refractivity contribution in [2.75, 3.05) is 20.2 Å². The Balaban J connectivity index is 1.92. The fourth-order valence-electron chi connectivity index (χ4n) is 2.64. The van der Waals surface area contributed by atoms with Gasteiger partial charge < -0.3 is 15.0 Å². The number of amides is 2. The zero-order valence-electron chi connectivity index (χ0n) is 13.0. The molecule has 0 spiro atoms. The van der Waals surface area contributed by atoms with Crippen LogP contribution in [0.15, 0.2) is 34.1 Å². The minimum absolute atomic E-state index is 0.186. The monoisotopic (exact) mass is 409 g/mol. The second-order valence-corrected chi connectivity index (χ2v) is 7.07. The van der Waals surface area contributed by atoms with Crippen molar-refractivity contribution in [3.63, 3.8) is 0 Å². The van der Waals surface area contributed by atoms with Crippen LogP contribution in [0.4, 0.5) is 0 Å². The maximum absolute atomic E-state index is 12.9. The van der Waals surface area contributed by atoms with Gasteiger partial charge in [0.25, 0.3) is 5.91 Å². The minimum atomic E-state index is -0.672. The molecule has 1 aliphatic heterocycles. The van der Waals surface area contributed by atoms with Crippen LogP contribution in [0.2, 0.25) is 0 Å². The molecule has 6 nitrogen and oxygen atoms in total. The minimum Gasteiger partial charge on any atom is -0.378 e. The molecule has 3 rings (SSSR count). The number of piperazine rings is 1. The number of thiazole rings is 1. The smallest absolute Gasteiger partial charge is 0.274 e. The lowest BCUT2D eigenvalue weighted by molar-refractivity contribution is -0.128. The van der Waals surface area contributed by atoms with E-state index in [-0.39, 0.29) is 11.8 Å². The molecule has 0 saturated carbocycles. The lowest BCUT2D eigenvalue weighted by atomic mass is 10.0. The predicted octanol–water partition coefficient (Wildman–Crippen LogP) is 2.37. The summed E-state index contributed by atoms with van der Waals surface area (Å²) < 4.78 is 5.84. The highest BCUT2D eigenvalue weighted by Crippen LogP contribution is 2.30. The van der Waals surface area contributed by atoms with E-state index in [1.807, 2.05) is 24.3 Å². The summed E-state index contributed by atoms with van der Waals surface area (Å²) in [5.74, 6) is -0.432. The second-order valence-electron chi connectivity index (χ2n) is 5.27. The number of nitrogens with one attached hydrogen (secondary N) is 1. The molecule has 1 atom stereocenters. The SMILES string of the molecule is COCc1nc(C(=O)N2CCNC(=O)[C@@H]2c2ccccc2Br)cs1. The van der Waals surface area contributed by atoms with Crippen LogP contribution >= 0.6 is 27.3 Å². The Kier molecular flexibility index (Phi) is 5.27. The highest BCUT2D eigenvalue weighted by Gasteiger charge is 2.36. The second kappa shape index (κ2) is 7.42. The molecule has 0 radical (unpaired) electrons. The van der Waals surface area contributed by atoms with E-state index in [0.29, 0.717) is 25.4 Å². The van der Waals surface area contributed by atoms with Crippen molar-refractivity contribution >= 4 is 39.1 Å². The highest BCUT2D eigenvalue weighted by molar-refractivity contribution is 9.10. The molecule has 2 aromatic rings. The van der Waals surface area contributed by atoms with E-state index in [4.69, 9.17) is 4.74 Å². The summed E-state index contributed by atoms with van der Waals surface area (Å²) in [7, 11) is 1.58. The van der Waals surface area contributed by atoms with E-state index in [0.717, 1.165) is 15.0 Å². The van der Waals surface area contributed by atoms with Gasteiger partial charge in [-0.2, -0.15) is 0 Å². The van der Waals surface area contributed by atoms with Crippen LogP contribution in [0.1, 0.15) is 27.1 Å². The van der Waals surface area contributed by atoms with Crippen molar-refractivity contribution in [3.8, 4) is 0 Å². The Morgan fingerprint density at radius 2 is 2.29 bits per heavy atom. The molecule has 1 fully saturated rings. The number of hydrogen-bond donors (Lipinski definition) is 1. The molecule has 0 aliphatic carbocycles. The Hall–Kier alpha value is -1.77. The number of rotatable bonds is 4. The largest absolute Gasteiger partial charge is 0.378 e. The molecule has 24 heavy (non-hydrogen) atoms. The molecular weight excluding hydrogens is 394 g/mol. The van der Waals surface area contributed by atoms with Gasteiger partial charge in [-0.15, -0.1) is 11.3 Å². The van der Waals surface area contributed by atoms with E-state index in [1.54, 1.807) is 17.4 Å². The van der Waals surface area contributed by atoms with Crippen molar-refractivity contribution in [1.82, 2.24) is 15.2 Å². The van der Waals surface area contributed by atoms with Gasteiger partial charge in [-0.25, -0.2) is 4.98 Å². The van der Waals surface area contributed by atoms with E-state index >= 15 is 0 Å². The Morgan fingerprint density at radius 1 is 1.50 bits per heavy atom. The maximum Gasteiger partial charge on any atom is 0.274 e. The molecule has 126 valence electrons. The van der Waals surface area contributed by atoms with Gasteiger partial charge in [-0.1, -0.05) is 34.1 Å². The number of methoxy groups -OCH3 is 1. The molecule has 0 unspecified atom stereocenters. The first-order valence-corrected chi connectivity index (χ1v) is 9.05. The van der Waals surface area contributed by atoms with E-state index in [1.165, 1.54) is 11.3 Å². The third-order valence-corrected chi connectivity index (χ3v) is 5.26. The number of carbonyl (C=O) groups excluding carboxylic acids is 2. The lowest BCUT2D eigenvalue weighted by Gasteiger charge is -2.35. The van der Waals surface area contributed by atoms with Gasteiger partial charge in [-0.3, -0.25) is 9.59 Å². The highest BCUT2D eigenvalue weighted by atomic mass is 79.9. The third-order valence-electron chi connectivity index (χ3n) is 3.71. The number of ether oxygens (including phenoxy) is 1. The molecule has 1 aromatic heterocycles. The van der Waals surface area contributed by atoms with Crippen LogP contribution in [-0.2, 0) is 16.1 Å². The van der Waals surface area contributed by atoms with Gasteiger partial charge in [-0.05, 0) is 11.6 Å². The summed E-state index contributed by atoms with van der Waals surface area (Å²) in [4.78, 5) is 31.2. The van der Waals surface area contributed by atoms with Gasteiger partial charge in [0.05, 0.1) is 6.61 Å². The lowest BCUT2D eigenvalue weighted by Crippen LogP contribution is -2.52. The fraction of sp³-hybridized carbons (Fsp3) is 0.312. The van der Waals surface area contributed by atoms with Crippen LogP contribution < -0.4 is 5.32 Å². The number of carbonyl (C=O) groups is 2.